The molecule has 0 spiro atoms. The quantitative estimate of drug-likeness (QED) is 0.864. The second-order valence-corrected chi connectivity index (χ2v) is 5.52. The summed E-state index contributed by atoms with van der Waals surface area (Å²) >= 11 is 0. The van der Waals surface area contributed by atoms with E-state index in [0.717, 1.165) is 31.5 Å². The van der Waals surface area contributed by atoms with E-state index in [9.17, 15) is 22.4 Å². The summed E-state index contributed by atoms with van der Waals surface area (Å²) in [6, 6.07) is 4.30. The molecule has 0 bridgehead atoms. The molecule has 122 valence electrons. The number of carbonyl (C=O) groups is 1. The average Bonchev–Trinajstić information content (AvgIpc) is 2.47. The first-order valence-corrected chi connectivity index (χ1v) is 7.14. The van der Waals surface area contributed by atoms with Gasteiger partial charge in [-0.25, -0.2) is 0 Å². The van der Waals surface area contributed by atoms with Crippen molar-refractivity contribution in [2.24, 2.45) is 5.92 Å². The Morgan fingerprint density at radius 1 is 1.27 bits per heavy atom. The number of halogens is 4. The first-order valence-electron chi connectivity index (χ1n) is 7.14. The number of carbonyl (C=O) groups excluding carboxylic acids is 1. The third-order valence-electron chi connectivity index (χ3n) is 3.68. The van der Waals surface area contributed by atoms with Crippen LogP contribution in [0.1, 0.15) is 18.4 Å². The van der Waals surface area contributed by atoms with Crippen molar-refractivity contribution < 1.29 is 22.4 Å². The summed E-state index contributed by atoms with van der Waals surface area (Å²) in [5.41, 5.74) is -0.440. The highest BCUT2D eigenvalue weighted by Gasteiger charge is 2.30. The Bertz CT molecular complexity index is 501. The first-order chi connectivity index (χ1) is 10.4. The summed E-state index contributed by atoms with van der Waals surface area (Å²) in [6.07, 6.45) is -2.71. The Labute approximate surface area is 126 Å². The number of alkyl halides is 4. The van der Waals surface area contributed by atoms with Crippen molar-refractivity contribution in [1.82, 2.24) is 4.90 Å². The lowest BCUT2D eigenvalue weighted by Gasteiger charge is -2.30. The van der Waals surface area contributed by atoms with Crippen molar-refractivity contribution in [3.8, 4) is 0 Å². The maximum absolute atomic E-state index is 12.7. The lowest BCUT2D eigenvalue weighted by molar-refractivity contribution is -0.137. The molecule has 1 aliphatic heterocycles. The van der Waals surface area contributed by atoms with Crippen LogP contribution in [0.3, 0.4) is 0 Å². The van der Waals surface area contributed by atoms with Crippen molar-refractivity contribution in [3.63, 3.8) is 0 Å². The summed E-state index contributed by atoms with van der Waals surface area (Å²) in [4.78, 5) is 13.8. The van der Waals surface area contributed by atoms with Crippen LogP contribution in [0.25, 0.3) is 0 Å². The van der Waals surface area contributed by atoms with Crippen LogP contribution in [0.2, 0.25) is 0 Å². The molecule has 1 amide bonds. The summed E-state index contributed by atoms with van der Waals surface area (Å²) in [7, 11) is 0. The zero-order valence-corrected chi connectivity index (χ0v) is 12.0. The fraction of sp³-hybridized carbons (Fsp3) is 0.533. The lowest BCUT2D eigenvalue weighted by Crippen LogP contribution is -2.41. The van der Waals surface area contributed by atoms with Gasteiger partial charge < -0.3 is 5.32 Å². The van der Waals surface area contributed by atoms with E-state index in [1.165, 1.54) is 12.1 Å². The van der Waals surface area contributed by atoms with Crippen LogP contribution in [0.5, 0.6) is 0 Å². The molecule has 1 fully saturated rings. The van der Waals surface area contributed by atoms with Gasteiger partial charge in [-0.05, 0) is 43.7 Å². The molecule has 1 unspecified atom stereocenters. The Morgan fingerprint density at radius 3 is 2.55 bits per heavy atom. The van der Waals surface area contributed by atoms with Gasteiger partial charge in [0.2, 0.25) is 5.91 Å². The van der Waals surface area contributed by atoms with Gasteiger partial charge in [0.1, 0.15) is 0 Å². The van der Waals surface area contributed by atoms with Crippen LogP contribution in [0.4, 0.5) is 23.2 Å². The molecule has 0 aromatic heterocycles. The highest BCUT2D eigenvalue weighted by Crippen LogP contribution is 2.29. The molecule has 3 nitrogen and oxygen atoms in total. The number of rotatable bonds is 4. The van der Waals surface area contributed by atoms with Crippen molar-refractivity contribution in [1.29, 1.82) is 0 Å². The monoisotopic (exact) mass is 318 g/mol. The topological polar surface area (TPSA) is 32.3 Å². The predicted molar refractivity (Wildman–Crippen MR) is 75.2 cm³/mol. The van der Waals surface area contributed by atoms with Gasteiger partial charge in [-0.3, -0.25) is 14.1 Å². The second-order valence-electron chi connectivity index (χ2n) is 5.52. The number of anilines is 1. The third-order valence-corrected chi connectivity index (χ3v) is 3.68. The minimum Gasteiger partial charge on any atom is -0.325 e. The number of amides is 1. The van der Waals surface area contributed by atoms with E-state index in [1.807, 2.05) is 4.90 Å². The molecule has 1 N–H and O–H groups in total. The third kappa shape index (κ3) is 4.69. The summed E-state index contributed by atoms with van der Waals surface area (Å²) in [5, 5.41) is 2.56. The van der Waals surface area contributed by atoms with E-state index in [-0.39, 0.29) is 18.4 Å². The van der Waals surface area contributed by atoms with Crippen molar-refractivity contribution in [2.45, 2.75) is 19.0 Å². The Hall–Kier alpha value is -1.63. The summed E-state index contributed by atoms with van der Waals surface area (Å²) in [6.45, 7) is 1.00. The highest BCUT2D eigenvalue weighted by atomic mass is 19.4. The van der Waals surface area contributed by atoms with E-state index >= 15 is 0 Å². The zero-order valence-electron chi connectivity index (χ0n) is 12.0. The number of nitrogens with zero attached hydrogens (tertiary/aromatic N) is 1. The molecule has 1 aliphatic rings. The largest absolute Gasteiger partial charge is 0.416 e. The number of hydrogen-bond acceptors (Lipinski definition) is 2. The molecular weight excluding hydrogens is 300 g/mol. The summed E-state index contributed by atoms with van der Waals surface area (Å²) < 4.78 is 50.0. The van der Waals surface area contributed by atoms with Gasteiger partial charge in [0.15, 0.2) is 0 Å². The molecule has 2 rings (SSSR count). The van der Waals surface area contributed by atoms with Crippen LogP contribution < -0.4 is 5.32 Å². The van der Waals surface area contributed by atoms with Gasteiger partial charge in [0.25, 0.3) is 0 Å². The van der Waals surface area contributed by atoms with Gasteiger partial charge in [-0.15, -0.1) is 0 Å². The van der Waals surface area contributed by atoms with Crippen LogP contribution in [-0.2, 0) is 11.0 Å². The van der Waals surface area contributed by atoms with E-state index < -0.39 is 18.4 Å². The van der Waals surface area contributed by atoms with Gasteiger partial charge in [0, 0.05) is 18.2 Å². The molecule has 1 heterocycles. The molecule has 0 radical (unpaired) electrons. The van der Waals surface area contributed by atoms with E-state index in [2.05, 4.69) is 5.32 Å². The van der Waals surface area contributed by atoms with E-state index in [4.69, 9.17) is 0 Å². The number of piperidine rings is 1. The first kappa shape index (κ1) is 16.7. The molecule has 0 saturated carbocycles. The average molecular weight is 318 g/mol. The van der Waals surface area contributed by atoms with Crippen LogP contribution in [0.15, 0.2) is 24.3 Å². The van der Waals surface area contributed by atoms with Gasteiger partial charge in [-0.1, -0.05) is 0 Å². The Kier molecular flexibility index (Phi) is 5.39. The number of nitrogens with one attached hydrogen (secondary N) is 1. The van der Waals surface area contributed by atoms with E-state index in [0.29, 0.717) is 12.2 Å². The fourth-order valence-corrected chi connectivity index (χ4v) is 2.57. The number of hydrogen-bond donors (Lipinski definition) is 1. The number of benzene rings is 1. The lowest BCUT2D eigenvalue weighted by atomic mass is 9.99. The van der Waals surface area contributed by atoms with Crippen molar-refractivity contribution in [2.75, 3.05) is 31.6 Å². The van der Waals surface area contributed by atoms with Crippen LogP contribution in [-0.4, -0.2) is 37.1 Å². The molecule has 22 heavy (non-hydrogen) atoms. The molecule has 1 atom stereocenters. The molecule has 1 aromatic rings. The fourth-order valence-electron chi connectivity index (χ4n) is 2.57. The Morgan fingerprint density at radius 2 is 1.95 bits per heavy atom. The minimum absolute atomic E-state index is 0.0346. The molecule has 7 heteroatoms. The zero-order chi connectivity index (χ0) is 16.2. The summed E-state index contributed by atoms with van der Waals surface area (Å²) in [5.74, 6) is -0.341. The Balaban J connectivity index is 1.86. The van der Waals surface area contributed by atoms with Crippen LogP contribution >= 0.6 is 0 Å². The van der Waals surface area contributed by atoms with Gasteiger partial charge in [-0.2, -0.15) is 13.2 Å². The standard InChI is InChI=1S/C15H18F4N2O/c16-8-11-2-1-7-21(9-11)10-14(22)20-13-5-3-12(4-6-13)15(17,18)19/h3-6,11H,1-2,7-10H2,(H,20,22). The SMILES string of the molecule is O=C(CN1CCCC(CF)C1)Nc1ccc(C(F)(F)F)cc1. The van der Waals surface area contributed by atoms with Crippen molar-refractivity contribution in [3.05, 3.63) is 29.8 Å². The highest BCUT2D eigenvalue weighted by molar-refractivity contribution is 5.92. The van der Waals surface area contributed by atoms with Crippen molar-refractivity contribution >= 4 is 11.6 Å². The number of likely N-dealkylation sites (tertiary alicyclic amines) is 1. The second kappa shape index (κ2) is 7.09. The molecule has 0 aliphatic carbocycles. The maximum Gasteiger partial charge on any atom is 0.416 e. The smallest absolute Gasteiger partial charge is 0.325 e. The normalized spacial score (nSPS) is 19.9. The van der Waals surface area contributed by atoms with Gasteiger partial charge >= 0.3 is 6.18 Å². The van der Waals surface area contributed by atoms with Crippen LogP contribution in [0, 0.1) is 5.92 Å². The van der Waals surface area contributed by atoms with Gasteiger partial charge in [0.05, 0.1) is 18.8 Å². The van der Waals surface area contributed by atoms with E-state index in [1.54, 1.807) is 0 Å². The maximum atomic E-state index is 12.7. The molecule has 1 aromatic carbocycles. The molecular formula is C15H18F4N2O. The molecule has 1 saturated heterocycles. The predicted octanol–water partition coefficient (Wildman–Crippen LogP) is 3.33. The minimum atomic E-state index is -4.39.